The maximum Gasteiger partial charge on any atom is 0.152 e. The van der Waals surface area contributed by atoms with Crippen LogP contribution in [0.2, 0.25) is 5.15 Å². The second kappa shape index (κ2) is 5.94. The Labute approximate surface area is 130 Å². The first-order valence-corrected chi connectivity index (χ1v) is 7.56. The molecule has 1 aliphatic rings. The van der Waals surface area contributed by atoms with E-state index < -0.39 is 0 Å². The van der Waals surface area contributed by atoms with Gasteiger partial charge in [0.25, 0.3) is 0 Å². The van der Waals surface area contributed by atoms with Gasteiger partial charge in [0.1, 0.15) is 5.75 Å². The first kappa shape index (κ1) is 14.2. The van der Waals surface area contributed by atoms with Crippen molar-refractivity contribution in [3.8, 4) is 5.75 Å². The molecule has 4 heteroatoms. The third-order valence-corrected chi connectivity index (χ3v) is 4.34. The van der Waals surface area contributed by atoms with Gasteiger partial charge in [-0.3, -0.25) is 0 Å². The van der Waals surface area contributed by atoms with Crippen LogP contribution in [0.5, 0.6) is 5.75 Å². The Kier molecular flexibility index (Phi) is 4.02. The number of aromatic nitrogens is 1. The minimum atomic E-state index is 0.460. The number of nitrogens with zero attached hydrogens (tertiary/aromatic N) is 1. The molecule has 1 heterocycles. The van der Waals surface area contributed by atoms with E-state index in [1.807, 2.05) is 19.1 Å². The van der Waals surface area contributed by atoms with Crippen molar-refractivity contribution >= 4 is 17.3 Å². The van der Waals surface area contributed by atoms with E-state index in [1.54, 1.807) is 13.3 Å². The number of anilines is 1. The molecule has 0 spiro atoms. The van der Waals surface area contributed by atoms with Gasteiger partial charge in [0.15, 0.2) is 5.15 Å². The van der Waals surface area contributed by atoms with Crippen LogP contribution in [-0.4, -0.2) is 18.1 Å². The highest BCUT2D eigenvalue weighted by Crippen LogP contribution is 2.40. The second-order valence-corrected chi connectivity index (χ2v) is 6.00. The predicted octanol–water partition coefficient (Wildman–Crippen LogP) is 4.41. The van der Waals surface area contributed by atoms with E-state index >= 15 is 0 Å². The highest BCUT2D eigenvalue weighted by Gasteiger charge is 2.30. The van der Waals surface area contributed by atoms with Gasteiger partial charge in [0.2, 0.25) is 0 Å². The molecule has 0 radical (unpaired) electrons. The minimum absolute atomic E-state index is 0.460. The Morgan fingerprint density at radius 3 is 2.86 bits per heavy atom. The van der Waals surface area contributed by atoms with Gasteiger partial charge in [-0.25, -0.2) is 4.98 Å². The number of nitrogens with one attached hydrogen (secondary N) is 1. The summed E-state index contributed by atoms with van der Waals surface area (Å²) in [5.41, 5.74) is 3.40. The smallest absolute Gasteiger partial charge is 0.152 e. The standard InChI is InChI=1S/C17H19ClN2O/c1-11-6-16(17(18)19-10-11)20-14-7-13(8-14)12-4-3-5-15(9-12)21-2/h3-6,9-10,13-14,20H,7-8H2,1-2H3. The Bertz CT molecular complexity index is 638. The number of methoxy groups -OCH3 is 1. The van der Waals surface area contributed by atoms with Gasteiger partial charge in [0, 0.05) is 12.2 Å². The lowest BCUT2D eigenvalue weighted by Gasteiger charge is -2.37. The summed E-state index contributed by atoms with van der Waals surface area (Å²) in [6, 6.07) is 10.8. The molecule has 1 saturated carbocycles. The molecule has 1 aliphatic carbocycles. The topological polar surface area (TPSA) is 34.1 Å². The quantitative estimate of drug-likeness (QED) is 0.849. The van der Waals surface area contributed by atoms with Crippen LogP contribution in [0.25, 0.3) is 0 Å². The van der Waals surface area contributed by atoms with E-state index in [2.05, 4.69) is 28.5 Å². The number of benzene rings is 1. The first-order valence-electron chi connectivity index (χ1n) is 7.18. The molecule has 1 fully saturated rings. The molecule has 0 saturated heterocycles. The van der Waals surface area contributed by atoms with Crippen LogP contribution in [0.4, 0.5) is 5.69 Å². The second-order valence-electron chi connectivity index (χ2n) is 5.64. The number of rotatable bonds is 4. The summed E-state index contributed by atoms with van der Waals surface area (Å²) in [6.45, 7) is 2.02. The lowest BCUT2D eigenvalue weighted by atomic mass is 9.76. The fraction of sp³-hybridized carbons (Fsp3) is 0.353. The first-order chi connectivity index (χ1) is 10.2. The Hall–Kier alpha value is -1.74. The number of halogens is 1. The van der Waals surface area contributed by atoms with Crippen molar-refractivity contribution in [2.45, 2.75) is 31.7 Å². The third kappa shape index (κ3) is 3.13. The van der Waals surface area contributed by atoms with Crippen molar-refractivity contribution in [1.29, 1.82) is 0 Å². The van der Waals surface area contributed by atoms with E-state index in [-0.39, 0.29) is 0 Å². The molecule has 2 aromatic rings. The average Bonchev–Trinajstić information content (AvgIpc) is 2.46. The van der Waals surface area contributed by atoms with Crippen LogP contribution in [0.1, 0.15) is 29.9 Å². The van der Waals surface area contributed by atoms with Crippen molar-refractivity contribution in [2.75, 3.05) is 12.4 Å². The maximum absolute atomic E-state index is 6.12. The molecule has 0 atom stereocenters. The molecule has 0 aliphatic heterocycles. The van der Waals surface area contributed by atoms with E-state index in [9.17, 15) is 0 Å². The fourth-order valence-corrected chi connectivity index (χ4v) is 2.93. The fourth-order valence-electron chi connectivity index (χ4n) is 2.78. The van der Waals surface area contributed by atoms with Gasteiger partial charge in [-0.2, -0.15) is 0 Å². The summed E-state index contributed by atoms with van der Waals surface area (Å²) < 4.78 is 5.28. The van der Waals surface area contributed by atoms with Crippen LogP contribution < -0.4 is 10.1 Å². The molecule has 3 nitrogen and oxygen atoms in total. The van der Waals surface area contributed by atoms with Crippen LogP contribution in [0, 0.1) is 6.92 Å². The third-order valence-electron chi connectivity index (χ3n) is 4.04. The van der Waals surface area contributed by atoms with Crippen molar-refractivity contribution < 1.29 is 4.74 Å². The molecule has 0 bridgehead atoms. The average molecular weight is 303 g/mol. The molecule has 21 heavy (non-hydrogen) atoms. The van der Waals surface area contributed by atoms with E-state index in [1.165, 1.54) is 5.56 Å². The van der Waals surface area contributed by atoms with Gasteiger partial charge >= 0.3 is 0 Å². The van der Waals surface area contributed by atoms with Crippen LogP contribution in [0.15, 0.2) is 36.5 Å². The van der Waals surface area contributed by atoms with Crippen molar-refractivity contribution in [2.24, 2.45) is 0 Å². The summed E-state index contributed by atoms with van der Waals surface area (Å²) in [6.07, 6.45) is 4.00. The predicted molar refractivity (Wildman–Crippen MR) is 86.4 cm³/mol. The molecular formula is C17H19ClN2O. The summed E-state index contributed by atoms with van der Waals surface area (Å²) >= 11 is 6.12. The summed E-state index contributed by atoms with van der Waals surface area (Å²) in [5.74, 6) is 1.52. The van der Waals surface area contributed by atoms with Gasteiger partial charge in [0.05, 0.1) is 12.8 Å². The largest absolute Gasteiger partial charge is 0.497 e. The Morgan fingerprint density at radius 1 is 1.29 bits per heavy atom. The zero-order valence-corrected chi connectivity index (χ0v) is 13.0. The Morgan fingerprint density at radius 2 is 2.10 bits per heavy atom. The summed E-state index contributed by atoms with van der Waals surface area (Å²) in [5, 5.41) is 4.04. The normalized spacial score (nSPS) is 20.7. The maximum atomic E-state index is 6.12. The van der Waals surface area contributed by atoms with E-state index in [0.717, 1.165) is 29.8 Å². The van der Waals surface area contributed by atoms with Crippen LogP contribution in [0.3, 0.4) is 0 Å². The molecular weight excluding hydrogens is 284 g/mol. The lowest BCUT2D eigenvalue weighted by Crippen LogP contribution is -2.34. The van der Waals surface area contributed by atoms with Gasteiger partial charge in [-0.1, -0.05) is 23.7 Å². The highest BCUT2D eigenvalue weighted by atomic mass is 35.5. The summed E-state index contributed by atoms with van der Waals surface area (Å²) in [7, 11) is 1.71. The lowest BCUT2D eigenvalue weighted by molar-refractivity contribution is 0.370. The van der Waals surface area contributed by atoms with Gasteiger partial charge in [-0.05, 0) is 55.0 Å². The van der Waals surface area contributed by atoms with Crippen molar-refractivity contribution in [3.05, 3.63) is 52.8 Å². The Balaban J connectivity index is 1.61. The van der Waals surface area contributed by atoms with Crippen molar-refractivity contribution in [1.82, 2.24) is 4.98 Å². The molecule has 0 unspecified atom stereocenters. The molecule has 1 aromatic heterocycles. The zero-order chi connectivity index (χ0) is 14.8. The monoisotopic (exact) mass is 302 g/mol. The number of aryl methyl sites for hydroxylation is 1. The molecule has 110 valence electrons. The summed E-state index contributed by atoms with van der Waals surface area (Å²) in [4.78, 5) is 4.18. The molecule has 1 N–H and O–H groups in total. The number of hydrogen-bond donors (Lipinski definition) is 1. The van der Waals surface area contributed by atoms with E-state index in [4.69, 9.17) is 16.3 Å². The van der Waals surface area contributed by atoms with E-state index in [0.29, 0.717) is 17.1 Å². The van der Waals surface area contributed by atoms with Crippen LogP contribution >= 0.6 is 11.6 Å². The van der Waals surface area contributed by atoms with Crippen molar-refractivity contribution in [3.63, 3.8) is 0 Å². The minimum Gasteiger partial charge on any atom is -0.497 e. The highest BCUT2D eigenvalue weighted by molar-refractivity contribution is 6.32. The number of ether oxygens (including phenoxy) is 1. The number of hydrogen-bond acceptors (Lipinski definition) is 3. The molecule has 3 rings (SSSR count). The van der Waals surface area contributed by atoms with Gasteiger partial charge in [-0.15, -0.1) is 0 Å². The molecule has 0 amide bonds. The van der Waals surface area contributed by atoms with Crippen LogP contribution in [-0.2, 0) is 0 Å². The molecule has 1 aromatic carbocycles. The zero-order valence-electron chi connectivity index (χ0n) is 12.3. The SMILES string of the molecule is COc1cccc(C2CC(Nc3cc(C)cnc3Cl)C2)c1. The van der Waals surface area contributed by atoms with Gasteiger partial charge < -0.3 is 10.1 Å². The number of pyridine rings is 1.